The minimum atomic E-state index is -0.731. The van der Waals surface area contributed by atoms with Crippen LogP contribution in [0.15, 0.2) is 102 Å². The maximum Gasteiger partial charge on any atom is 0.255 e. The fraction of sp³-hybridized carbons (Fsp3) is 0.333. The molecule has 5 amide bonds. The number of amides is 5. The summed E-state index contributed by atoms with van der Waals surface area (Å²) in [4.78, 5) is 71.2. The molecule has 5 aromatic rings. The van der Waals surface area contributed by atoms with Crippen LogP contribution in [-0.2, 0) is 51.2 Å². The molecule has 3 heterocycles. The zero-order chi connectivity index (χ0) is 48.5. The summed E-state index contributed by atoms with van der Waals surface area (Å²) in [5.41, 5.74) is 6.61. The number of aromatic nitrogens is 1. The van der Waals surface area contributed by atoms with Gasteiger partial charge < -0.3 is 49.9 Å². The molecule has 0 spiro atoms. The van der Waals surface area contributed by atoms with Crippen molar-refractivity contribution < 1.29 is 48.0 Å². The summed E-state index contributed by atoms with van der Waals surface area (Å²) in [5, 5.41) is 23.4. The Morgan fingerprint density at radius 1 is 0.855 bits per heavy atom. The van der Waals surface area contributed by atoms with Gasteiger partial charge in [0.15, 0.2) is 5.88 Å². The van der Waals surface area contributed by atoms with E-state index < -0.39 is 11.9 Å². The number of H-pyrrole nitrogens is 1. The van der Waals surface area contributed by atoms with Gasteiger partial charge in [0.1, 0.15) is 6.04 Å². The van der Waals surface area contributed by atoms with Crippen molar-refractivity contribution in [3.63, 3.8) is 0 Å². The number of carbonyl (C=O) groups excluding carboxylic acids is 5. The third-order valence-electron chi connectivity index (χ3n) is 11.3. The van der Waals surface area contributed by atoms with E-state index in [-0.39, 0.29) is 67.0 Å². The molecule has 4 aromatic carbocycles. The lowest BCUT2D eigenvalue weighted by molar-refractivity contribution is -0.137. The number of nitrogens with zero attached hydrogens (tertiary/aromatic N) is 2. The summed E-state index contributed by atoms with van der Waals surface area (Å²) in [7, 11) is 0. The summed E-state index contributed by atoms with van der Waals surface area (Å²) < 4.78 is 22.4. The van der Waals surface area contributed by atoms with Crippen molar-refractivity contribution in [1.82, 2.24) is 25.8 Å². The number of rotatable bonds is 25. The summed E-state index contributed by atoms with van der Waals surface area (Å²) in [6.45, 7) is 6.80. The second kappa shape index (κ2) is 25.0. The molecule has 2 aliphatic heterocycles. The molecule has 6 N–H and O–H groups in total. The highest BCUT2D eigenvalue weighted by atomic mass is 35.5. The zero-order valence-corrected chi connectivity index (χ0v) is 39.1. The van der Waals surface area contributed by atoms with Gasteiger partial charge in [-0.05, 0) is 54.8 Å². The molecule has 1 saturated heterocycles. The number of imide groups is 1. The minimum Gasteiger partial charge on any atom is -0.494 e. The van der Waals surface area contributed by atoms with Crippen LogP contribution >= 0.6 is 11.6 Å². The summed E-state index contributed by atoms with van der Waals surface area (Å²) >= 11 is 6.46. The maximum atomic E-state index is 13.0. The van der Waals surface area contributed by atoms with Crippen molar-refractivity contribution in [3.8, 4) is 5.88 Å². The summed E-state index contributed by atoms with van der Waals surface area (Å²) in [6.07, 6.45) is 1.87. The van der Waals surface area contributed by atoms with Gasteiger partial charge in [-0.15, -0.1) is 0 Å². The van der Waals surface area contributed by atoms with Gasteiger partial charge in [-0.3, -0.25) is 29.3 Å². The normalized spacial score (nSPS) is 15.1. The first-order valence-corrected chi connectivity index (χ1v) is 23.3. The van der Waals surface area contributed by atoms with Crippen molar-refractivity contribution in [1.29, 1.82) is 0 Å². The lowest BCUT2D eigenvalue weighted by atomic mass is 10.00. The number of aromatic amines is 1. The van der Waals surface area contributed by atoms with Crippen molar-refractivity contribution >= 4 is 74.2 Å². The van der Waals surface area contributed by atoms with Gasteiger partial charge in [-0.1, -0.05) is 72.3 Å². The monoisotopic (exact) mass is 961 g/mol. The smallest absolute Gasteiger partial charge is 0.255 e. The minimum absolute atomic E-state index is 0.0333. The van der Waals surface area contributed by atoms with Crippen LogP contribution in [0.3, 0.4) is 0 Å². The second-order valence-electron chi connectivity index (χ2n) is 16.1. The lowest BCUT2D eigenvalue weighted by Crippen LogP contribution is -2.52. The Hall–Kier alpha value is -6.73. The molecule has 0 bridgehead atoms. The number of nitrogens with one attached hydrogen (secondary N) is 5. The average Bonchev–Trinajstić information content (AvgIpc) is 3.86. The number of halogens is 1. The average molecular weight is 963 g/mol. The van der Waals surface area contributed by atoms with Crippen LogP contribution in [0.4, 0.5) is 11.4 Å². The summed E-state index contributed by atoms with van der Waals surface area (Å²) in [5.74, 6) is -1.73. The first-order valence-electron chi connectivity index (χ1n) is 22.9. The maximum absolute atomic E-state index is 13.0. The number of ether oxygens (including phenoxy) is 4. The number of piperidine rings is 1. The van der Waals surface area contributed by atoms with E-state index in [4.69, 9.17) is 35.5 Å². The van der Waals surface area contributed by atoms with E-state index >= 15 is 0 Å². The van der Waals surface area contributed by atoms with Crippen LogP contribution in [0, 0.1) is 0 Å². The van der Waals surface area contributed by atoms with E-state index in [0.29, 0.717) is 111 Å². The molecule has 1 unspecified atom stereocenters. The van der Waals surface area contributed by atoms with Crippen molar-refractivity contribution in [3.05, 3.63) is 130 Å². The molecule has 1 aromatic heterocycles. The van der Waals surface area contributed by atoms with Crippen molar-refractivity contribution in [2.24, 2.45) is 4.99 Å². The number of hydrogen-bond acceptors (Lipinski definition) is 12. The van der Waals surface area contributed by atoms with Crippen LogP contribution in [0.25, 0.3) is 15.9 Å². The Labute approximate surface area is 404 Å². The topological polar surface area (TPSA) is 222 Å². The Bertz CT molecular complexity index is 2670. The van der Waals surface area contributed by atoms with Crippen LogP contribution < -0.4 is 21.3 Å². The fourth-order valence-corrected chi connectivity index (χ4v) is 8.11. The molecule has 0 radical (unpaired) electrons. The van der Waals surface area contributed by atoms with Gasteiger partial charge in [-0.25, -0.2) is 4.99 Å². The number of hydrogen-bond donors (Lipinski definition) is 6. The fourth-order valence-electron chi connectivity index (χ4n) is 7.89. The van der Waals surface area contributed by atoms with E-state index in [1.54, 1.807) is 24.3 Å². The van der Waals surface area contributed by atoms with Gasteiger partial charge >= 0.3 is 0 Å². The predicted molar refractivity (Wildman–Crippen MR) is 261 cm³/mol. The largest absolute Gasteiger partial charge is 0.494 e. The number of likely N-dealkylation sites (N-methyl/N-ethyl adjacent to an activating group) is 1. The van der Waals surface area contributed by atoms with Gasteiger partial charge in [0, 0.05) is 72.0 Å². The number of aliphatic imine (C=N–C) groups is 1. The van der Waals surface area contributed by atoms with E-state index in [2.05, 4.69) is 26.3 Å². The predicted octanol–water partition coefficient (Wildman–Crippen LogP) is 5.70. The molecular formula is C51H56ClN7O10. The molecule has 0 saturated carbocycles. The quantitative estimate of drug-likeness (QED) is 0.0180. The number of benzene rings is 4. The molecule has 1 atom stereocenters. The van der Waals surface area contributed by atoms with Gasteiger partial charge in [0.2, 0.25) is 23.6 Å². The Morgan fingerprint density at radius 2 is 1.57 bits per heavy atom. The SMILES string of the molecule is CCNC(=O)C=C(Cl)c1ccc2c(C(=Nc3ccc(CNCCOCCOCCOCCOCCC(=O)Nc4cccc5c4CN(C4CCC(=O)NC4=O)C5=O)cc3)c3ccccc3)c(O)[nH]c2c1. The molecular weight excluding hydrogens is 906 g/mol. The third-order valence-corrected chi connectivity index (χ3v) is 11.6. The second-order valence-corrected chi connectivity index (χ2v) is 16.6. The van der Waals surface area contributed by atoms with Gasteiger partial charge in [0.25, 0.3) is 5.91 Å². The molecule has 17 nitrogen and oxygen atoms in total. The highest BCUT2D eigenvalue weighted by Gasteiger charge is 2.40. The molecule has 362 valence electrons. The number of fused-ring (bicyclic) bond motifs is 2. The van der Waals surface area contributed by atoms with Crippen LogP contribution in [0.2, 0.25) is 0 Å². The molecule has 7 rings (SSSR count). The van der Waals surface area contributed by atoms with E-state index in [1.807, 2.05) is 73.7 Å². The van der Waals surface area contributed by atoms with Crippen LogP contribution in [0.5, 0.6) is 5.88 Å². The number of carbonyl (C=O) groups is 5. The summed E-state index contributed by atoms with van der Waals surface area (Å²) in [6, 6.07) is 27.3. The first-order chi connectivity index (χ1) is 33.6. The Morgan fingerprint density at radius 3 is 2.28 bits per heavy atom. The third kappa shape index (κ3) is 13.7. The van der Waals surface area contributed by atoms with Crippen LogP contribution in [-0.4, -0.2) is 122 Å². The van der Waals surface area contributed by atoms with E-state index in [1.165, 1.54) is 11.0 Å². The lowest BCUT2D eigenvalue weighted by Gasteiger charge is -2.29. The zero-order valence-electron chi connectivity index (χ0n) is 38.3. The molecule has 18 heteroatoms. The molecule has 69 heavy (non-hydrogen) atoms. The van der Waals surface area contributed by atoms with Crippen molar-refractivity contribution in [2.45, 2.75) is 45.3 Å². The van der Waals surface area contributed by atoms with E-state index in [0.717, 1.165) is 16.5 Å². The first kappa shape index (κ1) is 50.2. The molecule has 1 fully saturated rings. The Kier molecular flexibility index (Phi) is 18.2. The van der Waals surface area contributed by atoms with E-state index in [9.17, 15) is 29.1 Å². The molecule has 2 aliphatic rings. The highest BCUT2D eigenvalue weighted by molar-refractivity contribution is 6.50. The van der Waals surface area contributed by atoms with Gasteiger partial charge in [-0.2, -0.15) is 0 Å². The van der Waals surface area contributed by atoms with Gasteiger partial charge in [0.05, 0.1) is 81.3 Å². The van der Waals surface area contributed by atoms with Crippen LogP contribution in [0.1, 0.15) is 64.4 Å². The Balaban J connectivity index is 0.741. The van der Waals surface area contributed by atoms with Crippen molar-refractivity contribution in [2.75, 3.05) is 71.3 Å². The number of anilines is 1. The highest BCUT2D eigenvalue weighted by Crippen LogP contribution is 2.35. The standard InChI is InChI=1S/C51H56ClN7O10/c1-2-54-46(62)30-40(52)35-13-16-38-42(29-35)57-50(64)47(38)48(34-7-4-3-5-8-34)55-36-14-11-33(12-15-36)31-53-20-22-67-24-26-69-28-27-68-25-23-66-21-19-45(61)56-41-10-6-9-37-39(41)32-59(51(37)65)43-17-18-44(60)58-49(43)63/h3-16,29-30,43,53,57,64H,2,17-28,31-32H2,1H3,(H,54,62)(H,56,61)(H,58,60,63). The molecule has 0 aliphatic carbocycles. The number of aromatic hydroxyl groups is 1.